The summed E-state index contributed by atoms with van der Waals surface area (Å²) in [5.74, 6) is 0.587. The zero-order valence-corrected chi connectivity index (χ0v) is 15.9. The molecule has 2 heterocycles. The number of hydrogen-bond acceptors (Lipinski definition) is 5. The predicted octanol–water partition coefficient (Wildman–Crippen LogP) is 4.92. The molecule has 0 amide bonds. The Balaban J connectivity index is 1.75. The van der Waals surface area contributed by atoms with Crippen molar-refractivity contribution in [1.29, 1.82) is 0 Å². The number of nitrogens with zero attached hydrogens (tertiary/aromatic N) is 4. The van der Waals surface area contributed by atoms with Gasteiger partial charge >= 0.3 is 6.18 Å². The molecule has 0 saturated carbocycles. The normalized spacial score (nSPS) is 11.8. The van der Waals surface area contributed by atoms with Crippen molar-refractivity contribution in [2.24, 2.45) is 0 Å². The minimum atomic E-state index is -4.43. The van der Waals surface area contributed by atoms with Crippen LogP contribution in [0.1, 0.15) is 17.0 Å². The molecule has 4 rings (SSSR count). The van der Waals surface area contributed by atoms with Crippen LogP contribution in [0.2, 0.25) is 0 Å². The topological polar surface area (TPSA) is 81.6 Å². The van der Waals surface area contributed by atoms with E-state index >= 15 is 0 Å². The summed E-state index contributed by atoms with van der Waals surface area (Å²) in [6.07, 6.45) is -4.43. The third kappa shape index (κ3) is 3.51. The Morgan fingerprint density at radius 3 is 2.47 bits per heavy atom. The number of anilines is 3. The highest BCUT2D eigenvalue weighted by Gasteiger charge is 2.32. The van der Waals surface area contributed by atoms with E-state index in [0.717, 1.165) is 6.07 Å². The molecule has 30 heavy (non-hydrogen) atoms. The van der Waals surface area contributed by atoms with Crippen molar-refractivity contribution in [3.63, 3.8) is 0 Å². The lowest BCUT2D eigenvalue weighted by atomic mass is 10.1. The smallest absolute Gasteiger partial charge is 0.383 e. The number of imidazole rings is 1. The van der Waals surface area contributed by atoms with E-state index in [1.54, 1.807) is 23.6 Å². The number of alkyl halides is 3. The van der Waals surface area contributed by atoms with Crippen LogP contribution in [0.3, 0.4) is 0 Å². The molecule has 0 aliphatic heterocycles. The third-order valence-corrected chi connectivity index (χ3v) is 4.55. The molecule has 3 N–H and O–H groups in total. The molecule has 10 heteroatoms. The van der Waals surface area contributed by atoms with E-state index in [1.165, 1.54) is 31.2 Å². The molecule has 0 atom stereocenters. The molecule has 0 fully saturated rings. The molecule has 0 aliphatic carbocycles. The maximum Gasteiger partial charge on any atom is 0.416 e. The van der Waals surface area contributed by atoms with Crippen LogP contribution in [-0.4, -0.2) is 19.5 Å². The standard InChI is InChI=1S/C20H16F4N6/c1-10-8-12(6-7-13(10)20(22,23)24)27-19-28-16(25)9-17(29-19)30-11(2)26-18-14(21)4-3-5-15(18)30/h3-9H,1-2H3,(H3,25,27,28,29). The van der Waals surface area contributed by atoms with Crippen LogP contribution in [-0.2, 0) is 6.18 Å². The van der Waals surface area contributed by atoms with Crippen LogP contribution in [0.4, 0.5) is 35.0 Å². The fourth-order valence-electron chi connectivity index (χ4n) is 3.28. The lowest BCUT2D eigenvalue weighted by molar-refractivity contribution is -0.138. The van der Waals surface area contributed by atoms with Gasteiger partial charge in [-0.05, 0) is 49.7 Å². The Labute approximate surface area is 168 Å². The second kappa shape index (κ2) is 6.97. The summed E-state index contributed by atoms with van der Waals surface area (Å²) in [6, 6.07) is 9.70. The molecule has 0 unspecified atom stereocenters. The minimum absolute atomic E-state index is 0.0588. The number of nitrogens with one attached hydrogen (secondary N) is 1. The average Bonchev–Trinajstić information content (AvgIpc) is 2.97. The van der Waals surface area contributed by atoms with Gasteiger partial charge in [0.05, 0.1) is 11.1 Å². The summed E-state index contributed by atoms with van der Waals surface area (Å²) in [5.41, 5.74) is 6.31. The van der Waals surface area contributed by atoms with Gasteiger partial charge in [-0.3, -0.25) is 4.57 Å². The first-order valence-corrected chi connectivity index (χ1v) is 8.87. The number of benzene rings is 2. The van der Waals surface area contributed by atoms with Crippen molar-refractivity contribution in [3.05, 3.63) is 65.2 Å². The van der Waals surface area contributed by atoms with Crippen molar-refractivity contribution in [2.45, 2.75) is 20.0 Å². The zero-order valence-electron chi connectivity index (χ0n) is 15.9. The Bertz CT molecular complexity index is 1260. The number of para-hydroxylation sites is 1. The summed E-state index contributed by atoms with van der Waals surface area (Å²) >= 11 is 0. The first-order chi connectivity index (χ1) is 14.1. The number of aromatic nitrogens is 4. The van der Waals surface area contributed by atoms with E-state index in [9.17, 15) is 17.6 Å². The molecule has 4 aromatic rings. The van der Waals surface area contributed by atoms with Crippen molar-refractivity contribution in [1.82, 2.24) is 19.5 Å². The van der Waals surface area contributed by atoms with Gasteiger partial charge in [0, 0.05) is 11.8 Å². The highest BCUT2D eigenvalue weighted by molar-refractivity contribution is 5.78. The van der Waals surface area contributed by atoms with Gasteiger partial charge in [0.15, 0.2) is 5.82 Å². The second-order valence-electron chi connectivity index (χ2n) is 6.73. The number of halogens is 4. The molecular formula is C20H16F4N6. The van der Waals surface area contributed by atoms with Crippen LogP contribution in [0.25, 0.3) is 16.9 Å². The lowest BCUT2D eigenvalue weighted by Gasteiger charge is -2.13. The third-order valence-electron chi connectivity index (χ3n) is 4.55. The number of nitrogens with two attached hydrogens (primary N) is 1. The predicted molar refractivity (Wildman–Crippen MR) is 105 cm³/mol. The minimum Gasteiger partial charge on any atom is -0.383 e. The lowest BCUT2D eigenvalue weighted by Crippen LogP contribution is -2.09. The van der Waals surface area contributed by atoms with Gasteiger partial charge in [-0.15, -0.1) is 0 Å². The van der Waals surface area contributed by atoms with Crippen LogP contribution in [0, 0.1) is 19.7 Å². The summed E-state index contributed by atoms with van der Waals surface area (Å²) in [6.45, 7) is 3.07. The van der Waals surface area contributed by atoms with Crippen molar-refractivity contribution >= 4 is 28.5 Å². The Kier molecular flexibility index (Phi) is 4.56. The number of aryl methyl sites for hydroxylation is 2. The van der Waals surface area contributed by atoms with Gasteiger partial charge < -0.3 is 11.1 Å². The highest BCUT2D eigenvalue weighted by atomic mass is 19.4. The van der Waals surface area contributed by atoms with E-state index in [4.69, 9.17) is 5.73 Å². The van der Waals surface area contributed by atoms with E-state index in [2.05, 4.69) is 20.3 Å². The summed E-state index contributed by atoms with van der Waals surface area (Å²) in [5, 5.41) is 2.87. The van der Waals surface area contributed by atoms with Gasteiger partial charge in [0.2, 0.25) is 5.95 Å². The zero-order chi connectivity index (χ0) is 21.6. The maximum atomic E-state index is 14.1. The molecular weight excluding hydrogens is 400 g/mol. The highest BCUT2D eigenvalue weighted by Crippen LogP contribution is 2.33. The monoisotopic (exact) mass is 416 g/mol. The van der Waals surface area contributed by atoms with Crippen molar-refractivity contribution in [3.8, 4) is 5.82 Å². The largest absolute Gasteiger partial charge is 0.416 e. The average molecular weight is 416 g/mol. The molecule has 0 saturated heterocycles. The first-order valence-electron chi connectivity index (χ1n) is 8.87. The fourth-order valence-corrected chi connectivity index (χ4v) is 3.28. The van der Waals surface area contributed by atoms with E-state index in [0.29, 0.717) is 22.8 Å². The van der Waals surface area contributed by atoms with Gasteiger partial charge in [-0.25, -0.2) is 9.37 Å². The molecule has 6 nitrogen and oxygen atoms in total. The number of hydrogen-bond donors (Lipinski definition) is 2. The van der Waals surface area contributed by atoms with Crippen LogP contribution in [0.15, 0.2) is 42.5 Å². The van der Waals surface area contributed by atoms with Gasteiger partial charge in [0.1, 0.15) is 23.0 Å². The van der Waals surface area contributed by atoms with Gasteiger partial charge in [0.25, 0.3) is 0 Å². The number of fused-ring (bicyclic) bond motifs is 1. The quantitative estimate of drug-likeness (QED) is 0.464. The molecule has 2 aromatic heterocycles. The van der Waals surface area contributed by atoms with E-state index < -0.39 is 17.6 Å². The van der Waals surface area contributed by atoms with E-state index in [1.807, 2.05) is 0 Å². The SMILES string of the molecule is Cc1cc(Nc2nc(N)cc(-n3c(C)nc4c(F)cccc43)n2)ccc1C(F)(F)F. The molecule has 0 spiro atoms. The van der Waals surface area contributed by atoms with Crippen LogP contribution < -0.4 is 11.1 Å². The summed E-state index contributed by atoms with van der Waals surface area (Å²) in [4.78, 5) is 12.7. The van der Waals surface area contributed by atoms with Crippen molar-refractivity contribution < 1.29 is 17.6 Å². The molecule has 0 bridgehead atoms. The summed E-state index contributed by atoms with van der Waals surface area (Å²) in [7, 11) is 0. The Morgan fingerprint density at radius 2 is 1.77 bits per heavy atom. The fraction of sp³-hybridized carbons (Fsp3) is 0.150. The molecule has 154 valence electrons. The van der Waals surface area contributed by atoms with Gasteiger partial charge in [-0.1, -0.05) is 6.07 Å². The van der Waals surface area contributed by atoms with Crippen LogP contribution in [0.5, 0.6) is 0 Å². The number of nitrogen functional groups attached to an aromatic ring is 1. The Hall–Kier alpha value is -3.69. The van der Waals surface area contributed by atoms with E-state index in [-0.39, 0.29) is 22.8 Å². The van der Waals surface area contributed by atoms with Crippen molar-refractivity contribution in [2.75, 3.05) is 11.1 Å². The maximum absolute atomic E-state index is 14.1. The molecule has 2 aromatic carbocycles. The number of rotatable bonds is 3. The molecule has 0 radical (unpaired) electrons. The summed E-state index contributed by atoms with van der Waals surface area (Å²) < 4.78 is 54.6. The Morgan fingerprint density at radius 1 is 1.00 bits per heavy atom. The second-order valence-corrected chi connectivity index (χ2v) is 6.73. The first kappa shape index (κ1) is 19.6. The van der Waals surface area contributed by atoms with Gasteiger partial charge in [-0.2, -0.15) is 23.1 Å². The van der Waals surface area contributed by atoms with Crippen LogP contribution >= 0.6 is 0 Å². The molecule has 0 aliphatic rings.